The van der Waals surface area contributed by atoms with Crippen molar-refractivity contribution in [2.75, 3.05) is 6.54 Å². The molecule has 4 heteroatoms. The van der Waals surface area contributed by atoms with Crippen LogP contribution in [0.15, 0.2) is 12.2 Å². The van der Waals surface area contributed by atoms with Crippen molar-refractivity contribution in [3.8, 4) is 0 Å². The van der Waals surface area contributed by atoms with Crippen molar-refractivity contribution in [1.82, 2.24) is 0 Å². The van der Waals surface area contributed by atoms with Gasteiger partial charge in [-0.15, -0.1) is 0 Å². The molecule has 0 heterocycles. The lowest BCUT2D eigenvalue weighted by molar-refractivity contribution is -0.885. The van der Waals surface area contributed by atoms with Gasteiger partial charge in [0.2, 0.25) is 0 Å². The zero-order valence-corrected chi connectivity index (χ0v) is 17.0. The van der Waals surface area contributed by atoms with Gasteiger partial charge >= 0.3 is 0 Å². The van der Waals surface area contributed by atoms with Crippen LogP contribution in [0.25, 0.3) is 0 Å². The van der Waals surface area contributed by atoms with Gasteiger partial charge in [0.15, 0.2) is 0 Å². The van der Waals surface area contributed by atoms with Gasteiger partial charge in [0.05, 0.1) is 12.6 Å². The summed E-state index contributed by atoms with van der Waals surface area (Å²) in [5, 5.41) is 13.6. The molecule has 5 rings (SSSR count). The van der Waals surface area contributed by atoms with E-state index in [0.29, 0.717) is 40.4 Å². The zero-order chi connectivity index (χ0) is 19.0. The molecule has 0 aromatic carbocycles. The van der Waals surface area contributed by atoms with Gasteiger partial charge in [-0.2, -0.15) is 0 Å². The number of hydrogen-bond donors (Lipinski definition) is 2. The molecule has 4 fully saturated rings. The lowest BCUT2D eigenvalue weighted by atomic mass is 9.47. The van der Waals surface area contributed by atoms with Crippen LogP contribution in [-0.2, 0) is 4.79 Å². The lowest BCUT2D eigenvalue weighted by Crippen LogP contribution is -3.13. The van der Waals surface area contributed by atoms with Crippen molar-refractivity contribution in [3.63, 3.8) is 0 Å². The third kappa shape index (κ3) is 2.70. The smallest absolute Gasteiger partial charge is 0.133 e. The van der Waals surface area contributed by atoms with E-state index >= 15 is 0 Å². The fourth-order valence-electron chi connectivity index (χ4n) is 7.85. The second-order valence-corrected chi connectivity index (χ2v) is 11.0. The highest BCUT2D eigenvalue weighted by molar-refractivity contribution is 5.80. The fraction of sp³-hybridized carbons (Fsp3) is 0.870. The Morgan fingerprint density at radius 1 is 1.15 bits per heavy atom. The highest BCUT2D eigenvalue weighted by atomic mass is 16.5. The summed E-state index contributed by atoms with van der Waals surface area (Å²) < 4.78 is 0. The standard InChI is InChI=1S/C23H36N2O2/c1-22-9-7-16(26)12-15(22)3-4-17-18-5-6-21(23(18,2)10-8-19(17)22)25(27)13-14-11-20(14)24/h3-4,14-15,17-21,25H,5-13,24H2,1-2H3. The Morgan fingerprint density at radius 3 is 2.63 bits per heavy atom. The normalized spacial score (nSPS) is 54.8. The average Bonchev–Trinajstić information content (AvgIpc) is 3.18. The Morgan fingerprint density at radius 2 is 1.89 bits per heavy atom. The number of allylic oxidation sites excluding steroid dienone is 2. The first-order chi connectivity index (χ1) is 12.8. The number of ketones is 1. The molecule has 0 aliphatic heterocycles. The summed E-state index contributed by atoms with van der Waals surface area (Å²) in [6, 6.07) is 0.532. The van der Waals surface area contributed by atoms with Crippen LogP contribution in [0, 0.1) is 45.6 Å². The molecule has 0 radical (unpaired) electrons. The van der Waals surface area contributed by atoms with E-state index in [1.165, 1.54) is 19.3 Å². The maximum atomic E-state index is 13.1. The van der Waals surface area contributed by atoms with E-state index in [9.17, 15) is 10.0 Å². The first-order valence-corrected chi connectivity index (χ1v) is 11.3. The van der Waals surface area contributed by atoms with Crippen LogP contribution < -0.4 is 10.8 Å². The molecular weight excluding hydrogens is 336 g/mol. The molecule has 10 unspecified atom stereocenters. The third-order valence-electron chi connectivity index (χ3n) is 9.81. The van der Waals surface area contributed by atoms with Crippen molar-refractivity contribution in [2.45, 2.75) is 77.3 Å². The molecule has 27 heavy (non-hydrogen) atoms. The molecule has 10 atom stereocenters. The van der Waals surface area contributed by atoms with Crippen LogP contribution >= 0.6 is 0 Å². The van der Waals surface area contributed by atoms with Crippen LogP contribution in [0.2, 0.25) is 0 Å². The van der Waals surface area contributed by atoms with Gasteiger partial charge in [0.25, 0.3) is 0 Å². The van der Waals surface area contributed by atoms with Crippen LogP contribution in [0.4, 0.5) is 0 Å². The second-order valence-electron chi connectivity index (χ2n) is 11.0. The molecule has 0 bridgehead atoms. The quantitative estimate of drug-likeness (QED) is 0.591. The zero-order valence-electron chi connectivity index (χ0n) is 17.0. The van der Waals surface area contributed by atoms with Crippen molar-refractivity contribution < 1.29 is 9.86 Å². The maximum absolute atomic E-state index is 13.1. The Hall–Kier alpha value is -0.710. The largest absolute Gasteiger partial charge is 0.634 e. The number of Topliss-reactive ketones (excluding diaryl/α,β-unsaturated/α-hetero) is 1. The summed E-state index contributed by atoms with van der Waals surface area (Å²) >= 11 is 0. The van der Waals surface area contributed by atoms with E-state index in [-0.39, 0.29) is 22.9 Å². The molecule has 5 aliphatic rings. The van der Waals surface area contributed by atoms with Crippen LogP contribution in [0.5, 0.6) is 0 Å². The molecular formula is C23H36N2O2. The van der Waals surface area contributed by atoms with Crippen LogP contribution in [-0.4, -0.2) is 24.4 Å². The highest BCUT2D eigenvalue weighted by Gasteiger charge is 2.60. The minimum atomic E-state index is 0.176. The molecule has 0 spiro atoms. The van der Waals surface area contributed by atoms with Crippen molar-refractivity contribution in [3.05, 3.63) is 17.4 Å². The van der Waals surface area contributed by atoms with E-state index in [4.69, 9.17) is 5.73 Å². The molecule has 0 aromatic rings. The summed E-state index contributed by atoms with van der Waals surface area (Å²) in [5.41, 5.74) is 6.43. The Balaban J connectivity index is 1.38. The summed E-state index contributed by atoms with van der Waals surface area (Å²) in [7, 11) is 0. The summed E-state index contributed by atoms with van der Waals surface area (Å²) in [6.45, 7) is 5.60. The summed E-state index contributed by atoms with van der Waals surface area (Å²) in [4.78, 5) is 12.0. The van der Waals surface area contributed by atoms with E-state index < -0.39 is 0 Å². The van der Waals surface area contributed by atoms with Gasteiger partial charge in [-0.1, -0.05) is 26.0 Å². The summed E-state index contributed by atoms with van der Waals surface area (Å²) in [6.07, 6.45) is 13.2. The van der Waals surface area contributed by atoms with Gasteiger partial charge in [-0.25, -0.2) is 0 Å². The van der Waals surface area contributed by atoms with Gasteiger partial charge in [0, 0.05) is 36.6 Å². The molecule has 4 saturated carbocycles. The van der Waals surface area contributed by atoms with Crippen molar-refractivity contribution >= 4 is 5.78 Å². The van der Waals surface area contributed by atoms with Gasteiger partial charge in [-0.3, -0.25) is 4.79 Å². The Labute approximate surface area is 163 Å². The topological polar surface area (TPSA) is 70.6 Å². The van der Waals surface area contributed by atoms with Gasteiger partial charge < -0.3 is 16.0 Å². The number of nitrogens with two attached hydrogens (primary N) is 1. The molecule has 0 saturated heterocycles. The van der Waals surface area contributed by atoms with Gasteiger partial charge in [-0.05, 0) is 61.2 Å². The van der Waals surface area contributed by atoms with Crippen LogP contribution in [0.1, 0.15) is 65.2 Å². The minimum absolute atomic E-state index is 0.176. The number of quaternary nitrogens is 1. The number of hydroxylamine groups is 2. The first-order valence-electron chi connectivity index (χ1n) is 11.3. The predicted octanol–water partition coefficient (Wildman–Crippen LogP) is 2.47. The molecule has 5 aliphatic carbocycles. The van der Waals surface area contributed by atoms with E-state index in [1.54, 1.807) is 0 Å². The number of nitrogens with one attached hydrogen (secondary N) is 1. The van der Waals surface area contributed by atoms with E-state index in [0.717, 1.165) is 38.6 Å². The van der Waals surface area contributed by atoms with E-state index in [2.05, 4.69) is 26.0 Å². The molecule has 0 aromatic heterocycles. The number of fused-ring (bicyclic) bond motifs is 5. The number of rotatable bonds is 3. The monoisotopic (exact) mass is 372 g/mol. The van der Waals surface area contributed by atoms with Gasteiger partial charge in [0.1, 0.15) is 5.78 Å². The summed E-state index contributed by atoms with van der Waals surface area (Å²) in [5.74, 6) is 3.31. The minimum Gasteiger partial charge on any atom is -0.634 e. The van der Waals surface area contributed by atoms with Crippen molar-refractivity contribution in [1.29, 1.82) is 0 Å². The Bertz CT molecular complexity index is 663. The first kappa shape index (κ1) is 18.3. The lowest BCUT2D eigenvalue weighted by Gasteiger charge is -2.58. The Kier molecular flexibility index (Phi) is 4.17. The van der Waals surface area contributed by atoms with E-state index in [1.807, 2.05) is 0 Å². The third-order valence-corrected chi connectivity index (χ3v) is 9.81. The number of carbonyl (C=O) groups is 1. The SMILES string of the molecule is CC12CCC(=O)CC1C=CC1C2CCC2(C)C1CCC2[NH+]([O-])CC1CC1N. The number of carbonyl (C=O) groups excluding carboxylic acids is 1. The predicted molar refractivity (Wildman–Crippen MR) is 106 cm³/mol. The molecule has 0 amide bonds. The van der Waals surface area contributed by atoms with Crippen molar-refractivity contribution in [2.24, 2.45) is 46.2 Å². The average molecular weight is 373 g/mol. The maximum Gasteiger partial charge on any atom is 0.133 e. The number of hydrogen-bond acceptors (Lipinski definition) is 3. The highest BCUT2D eigenvalue weighted by Crippen LogP contribution is 2.63. The molecule has 150 valence electrons. The second kappa shape index (κ2) is 6.14. The fourth-order valence-corrected chi connectivity index (χ4v) is 7.85. The van der Waals surface area contributed by atoms with Crippen LogP contribution in [0.3, 0.4) is 0 Å². The molecule has 3 N–H and O–H groups in total. The molecule has 4 nitrogen and oxygen atoms in total.